The van der Waals surface area contributed by atoms with Crippen LogP contribution in [0.15, 0.2) is 18.2 Å². The lowest BCUT2D eigenvalue weighted by Crippen LogP contribution is -2.33. The van der Waals surface area contributed by atoms with Gasteiger partial charge in [-0.3, -0.25) is 4.79 Å². The molecule has 24 heavy (non-hydrogen) atoms. The average molecular weight is 331 g/mol. The second kappa shape index (κ2) is 7.91. The molecule has 0 N–H and O–H groups in total. The molecule has 2 aliphatic rings. The third-order valence-corrected chi connectivity index (χ3v) is 5.15. The highest BCUT2D eigenvalue weighted by Gasteiger charge is 2.25. The molecule has 2 aliphatic heterocycles. The molecule has 0 aliphatic carbocycles. The van der Waals surface area contributed by atoms with Gasteiger partial charge in [0.05, 0.1) is 0 Å². The third-order valence-electron chi connectivity index (χ3n) is 5.15. The van der Waals surface area contributed by atoms with E-state index in [4.69, 9.17) is 9.47 Å². The van der Waals surface area contributed by atoms with Crippen LogP contribution in [0, 0.1) is 5.92 Å². The smallest absolute Gasteiger partial charge is 0.223 e. The van der Waals surface area contributed by atoms with E-state index in [1.807, 2.05) is 6.07 Å². The number of ether oxygens (including phenoxy) is 2. The molecule has 4 heteroatoms. The zero-order valence-corrected chi connectivity index (χ0v) is 14.9. The minimum Gasteiger partial charge on any atom is -0.486 e. The zero-order chi connectivity index (χ0) is 16.9. The maximum Gasteiger partial charge on any atom is 0.223 e. The lowest BCUT2D eigenvalue weighted by molar-refractivity contribution is -0.131. The zero-order valence-electron chi connectivity index (χ0n) is 14.9. The summed E-state index contributed by atoms with van der Waals surface area (Å²) in [5, 5.41) is 0. The maximum atomic E-state index is 12.8. The van der Waals surface area contributed by atoms with Gasteiger partial charge in [-0.2, -0.15) is 0 Å². The summed E-state index contributed by atoms with van der Waals surface area (Å²) in [5.74, 6) is 2.54. The number of benzene rings is 1. The Hall–Kier alpha value is -1.71. The van der Waals surface area contributed by atoms with Crippen LogP contribution in [0.25, 0.3) is 0 Å². The molecule has 1 aromatic carbocycles. The first kappa shape index (κ1) is 17.1. The normalized spacial score (nSPS) is 19.0. The Balaban J connectivity index is 1.73. The average Bonchev–Trinajstić information content (AvgIpc) is 2.88. The van der Waals surface area contributed by atoms with Crippen LogP contribution in [-0.4, -0.2) is 37.1 Å². The lowest BCUT2D eigenvalue weighted by Gasteiger charge is -2.27. The number of hydrogen-bond acceptors (Lipinski definition) is 3. The summed E-state index contributed by atoms with van der Waals surface area (Å²) in [7, 11) is 0. The fourth-order valence-electron chi connectivity index (χ4n) is 3.67. The second-order valence-corrected chi connectivity index (χ2v) is 7.25. The predicted molar refractivity (Wildman–Crippen MR) is 94.7 cm³/mol. The van der Waals surface area contributed by atoms with Crippen molar-refractivity contribution in [2.24, 2.45) is 5.92 Å². The maximum absolute atomic E-state index is 12.8. The van der Waals surface area contributed by atoms with Crippen LogP contribution in [0.5, 0.6) is 11.5 Å². The number of rotatable bonds is 4. The summed E-state index contributed by atoms with van der Waals surface area (Å²) in [6.07, 6.45) is 5.36. The highest BCUT2D eigenvalue weighted by atomic mass is 16.6. The fraction of sp³-hybridized carbons (Fsp3) is 0.650. The van der Waals surface area contributed by atoms with Crippen LogP contribution in [0.1, 0.15) is 57.4 Å². The van der Waals surface area contributed by atoms with Gasteiger partial charge in [-0.05, 0) is 42.4 Å². The molecular formula is C20H29NO3. The van der Waals surface area contributed by atoms with Gasteiger partial charge in [-0.15, -0.1) is 0 Å². The summed E-state index contributed by atoms with van der Waals surface area (Å²) < 4.78 is 11.3. The molecule has 0 bridgehead atoms. The number of carbonyl (C=O) groups excluding carboxylic acids is 1. The van der Waals surface area contributed by atoms with Crippen molar-refractivity contribution in [3.05, 3.63) is 23.8 Å². The molecular weight excluding hydrogens is 302 g/mol. The standard InChI is InChI=1S/C20H29NO3/c1-15(2)17(14-20(22)21-9-5-3-4-6-10-21)16-7-8-18-19(13-16)24-12-11-23-18/h7-8,13,15,17H,3-6,9-12,14H2,1-2H3. The predicted octanol–water partition coefficient (Wildman–Crippen LogP) is 3.99. The van der Waals surface area contributed by atoms with Crippen molar-refractivity contribution < 1.29 is 14.3 Å². The van der Waals surface area contributed by atoms with Crippen LogP contribution in [0.4, 0.5) is 0 Å². The minimum atomic E-state index is 0.219. The second-order valence-electron chi connectivity index (χ2n) is 7.25. The van der Waals surface area contributed by atoms with Crippen LogP contribution < -0.4 is 9.47 Å². The van der Waals surface area contributed by atoms with Gasteiger partial charge in [0.2, 0.25) is 5.91 Å². The van der Waals surface area contributed by atoms with Crippen molar-refractivity contribution in [3.63, 3.8) is 0 Å². The van der Waals surface area contributed by atoms with Crippen molar-refractivity contribution in [2.75, 3.05) is 26.3 Å². The molecule has 4 nitrogen and oxygen atoms in total. The highest BCUT2D eigenvalue weighted by Crippen LogP contribution is 2.36. The molecule has 1 amide bonds. The lowest BCUT2D eigenvalue weighted by atomic mass is 9.85. The summed E-state index contributed by atoms with van der Waals surface area (Å²) in [6, 6.07) is 6.14. The number of fused-ring (bicyclic) bond motifs is 1. The van der Waals surface area contributed by atoms with E-state index in [9.17, 15) is 4.79 Å². The van der Waals surface area contributed by atoms with Gasteiger partial charge in [-0.1, -0.05) is 32.8 Å². The highest BCUT2D eigenvalue weighted by molar-refractivity contribution is 5.77. The van der Waals surface area contributed by atoms with Gasteiger partial charge in [0.25, 0.3) is 0 Å². The third kappa shape index (κ3) is 4.03. The van der Waals surface area contributed by atoms with Crippen LogP contribution in [-0.2, 0) is 4.79 Å². The first-order valence-electron chi connectivity index (χ1n) is 9.32. The monoisotopic (exact) mass is 331 g/mol. The van der Waals surface area contributed by atoms with Crippen molar-refractivity contribution in [1.29, 1.82) is 0 Å². The van der Waals surface area contributed by atoms with Gasteiger partial charge in [0.1, 0.15) is 13.2 Å². The summed E-state index contributed by atoms with van der Waals surface area (Å²) in [6.45, 7) is 7.42. The summed E-state index contributed by atoms with van der Waals surface area (Å²) in [5.41, 5.74) is 1.18. The SMILES string of the molecule is CC(C)C(CC(=O)N1CCCCCC1)c1ccc2c(c1)OCCO2. The van der Waals surface area contributed by atoms with Crippen molar-refractivity contribution >= 4 is 5.91 Å². The minimum absolute atomic E-state index is 0.219. The number of hydrogen-bond donors (Lipinski definition) is 0. The van der Waals surface area contributed by atoms with Crippen LogP contribution in [0.2, 0.25) is 0 Å². The Bertz CT molecular complexity index is 562. The molecule has 0 radical (unpaired) electrons. The number of likely N-dealkylation sites (tertiary alicyclic amines) is 1. The molecule has 0 spiro atoms. The molecule has 3 rings (SSSR count). The quantitative estimate of drug-likeness (QED) is 0.837. The van der Waals surface area contributed by atoms with E-state index in [1.54, 1.807) is 0 Å². The molecule has 1 unspecified atom stereocenters. The van der Waals surface area contributed by atoms with E-state index in [0.717, 1.165) is 37.4 Å². The Morgan fingerprint density at radius 3 is 2.38 bits per heavy atom. The number of nitrogens with zero attached hydrogens (tertiary/aromatic N) is 1. The molecule has 1 saturated heterocycles. The molecule has 1 aromatic rings. The van der Waals surface area contributed by atoms with Gasteiger partial charge >= 0.3 is 0 Å². The molecule has 1 atom stereocenters. The fourth-order valence-corrected chi connectivity index (χ4v) is 3.67. The number of carbonyl (C=O) groups is 1. The Morgan fingerprint density at radius 2 is 1.71 bits per heavy atom. The van der Waals surface area contributed by atoms with Crippen LogP contribution in [0.3, 0.4) is 0 Å². The summed E-state index contributed by atoms with van der Waals surface area (Å²) >= 11 is 0. The molecule has 2 heterocycles. The van der Waals surface area contributed by atoms with Gasteiger partial charge < -0.3 is 14.4 Å². The Labute approximate surface area is 145 Å². The molecule has 132 valence electrons. The van der Waals surface area contributed by atoms with E-state index in [1.165, 1.54) is 18.4 Å². The molecule has 1 fully saturated rings. The van der Waals surface area contributed by atoms with Crippen molar-refractivity contribution in [3.8, 4) is 11.5 Å². The van der Waals surface area contributed by atoms with Gasteiger partial charge in [0.15, 0.2) is 11.5 Å². The van der Waals surface area contributed by atoms with Crippen LogP contribution >= 0.6 is 0 Å². The first-order chi connectivity index (χ1) is 11.6. The van der Waals surface area contributed by atoms with E-state index in [-0.39, 0.29) is 5.92 Å². The Morgan fingerprint density at radius 1 is 1.04 bits per heavy atom. The summed E-state index contributed by atoms with van der Waals surface area (Å²) in [4.78, 5) is 14.9. The van der Waals surface area contributed by atoms with E-state index in [2.05, 4.69) is 30.9 Å². The van der Waals surface area contributed by atoms with Gasteiger partial charge in [0, 0.05) is 19.5 Å². The van der Waals surface area contributed by atoms with Crippen molar-refractivity contribution in [1.82, 2.24) is 4.90 Å². The first-order valence-corrected chi connectivity index (χ1v) is 9.32. The van der Waals surface area contributed by atoms with Crippen molar-refractivity contribution in [2.45, 2.75) is 51.9 Å². The largest absolute Gasteiger partial charge is 0.486 e. The topological polar surface area (TPSA) is 38.8 Å². The van der Waals surface area contributed by atoms with E-state index < -0.39 is 0 Å². The Kier molecular flexibility index (Phi) is 5.64. The van der Waals surface area contributed by atoms with Gasteiger partial charge in [-0.25, -0.2) is 0 Å². The molecule has 0 saturated carbocycles. The van der Waals surface area contributed by atoms with E-state index in [0.29, 0.717) is 31.5 Å². The number of amides is 1. The molecule has 0 aromatic heterocycles. The van der Waals surface area contributed by atoms with E-state index >= 15 is 0 Å².